The van der Waals surface area contributed by atoms with Gasteiger partial charge >= 0.3 is 0 Å². The second kappa shape index (κ2) is 4.93. The van der Waals surface area contributed by atoms with Gasteiger partial charge in [-0.05, 0) is 59.3 Å². The minimum atomic E-state index is 0.214. The van der Waals surface area contributed by atoms with Crippen molar-refractivity contribution in [3.63, 3.8) is 0 Å². The third-order valence-electron chi connectivity index (χ3n) is 4.42. The fraction of sp³-hybridized carbons (Fsp3) is 0.500. The molecular formula is C14H15BrN4O. The van der Waals surface area contributed by atoms with Crippen LogP contribution in [-0.4, -0.2) is 21.7 Å². The molecule has 0 amide bonds. The van der Waals surface area contributed by atoms with Crippen LogP contribution in [0.1, 0.15) is 31.2 Å². The third kappa shape index (κ3) is 1.98. The molecule has 1 N–H and O–H groups in total. The van der Waals surface area contributed by atoms with Crippen LogP contribution < -0.4 is 5.32 Å². The van der Waals surface area contributed by atoms with Gasteiger partial charge in [0.15, 0.2) is 0 Å². The SMILES string of the molecule is Brc1cccnc1-c1noc(C2NCC3CCCC32)n1. The maximum Gasteiger partial charge on any atom is 0.244 e. The first kappa shape index (κ1) is 12.5. The Balaban J connectivity index is 1.64. The van der Waals surface area contributed by atoms with Crippen LogP contribution in [-0.2, 0) is 0 Å². The molecule has 2 aliphatic rings. The highest BCUT2D eigenvalue weighted by atomic mass is 79.9. The summed E-state index contributed by atoms with van der Waals surface area (Å²) >= 11 is 3.47. The van der Waals surface area contributed by atoms with E-state index in [1.807, 2.05) is 12.1 Å². The molecule has 1 saturated heterocycles. The van der Waals surface area contributed by atoms with Gasteiger partial charge in [0.05, 0.1) is 6.04 Å². The van der Waals surface area contributed by atoms with Gasteiger partial charge in [-0.25, -0.2) is 0 Å². The predicted molar refractivity (Wildman–Crippen MR) is 76.8 cm³/mol. The number of rotatable bonds is 2. The second-order valence-electron chi connectivity index (χ2n) is 5.53. The number of aromatic nitrogens is 3. The molecule has 1 aliphatic carbocycles. The zero-order valence-corrected chi connectivity index (χ0v) is 12.5. The maximum absolute atomic E-state index is 5.48. The minimum Gasteiger partial charge on any atom is -0.337 e. The normalized spacial score (nSPS) is 28.8. The van der Waals surface area contributed by atoms with Gasteiger partial charge in [0.2, 0.25) is 11.7 Å². The van der Waals surface area contributed by atoms with Crippen molar-refractivity contribution in [3.8, 4) is 11.5 Å². The van der Waals surface area contributed by atoms with Crippen LogP contribution in [0.5, 0.6) is 0 Å². The van der Waals surface area contributed by atoms with Gasteiger partial charge in [-0.1, -0.05) is 11.6 Å². The Kier molecular flexibility index (Phi) is 3.07. The zero-order chi connectivity index (χ0) is 13.5. The van der Waals surface area contributed by atoms with Crippen molar-refractivity contribution in [1.29, 1.82) is 0 Å². The highest BCUT2D eigenvalue weighted by Gasteiger charge is 2.42. The molecule has 20 heavy (non-hydrogen) atoms. The van der Waals surface area contributed by atoms with E-state index in [4.69, 9.17) is 4.52 Å². The van der Waals surface area contributed by atoms with E-state index in [9.17, 15) is 0 Å². The van der Waals surface area contributed by atoms with Crippen LogP contribution in [0.2, 0.25) is 0 Å². The number of halogens is 1. The van der Waals surface area contributed by atoms with Crippen LogP contribution in [0.3, 0.4) is 0 Å². The molecule has 2 fully saturated rings. The first-order chi connectivity index (χ1) is 9.83. The van der Waals surface area contributed by atoms with Crippen LogP contribution >= 0.6 is 15.9 Å². The van der Waals surface area contributed by atoms with E-state index in [0.717, 1.165) is 22.6 Å². The van der Waals surface area contributed by atoms with Gasteiger partial charge in [-0.2, -0.15) is 4.98 Å². The summed E-state index contributed by atoms with van der Waals surface area (Å²) in [5, 5.41) is 7.61. The Morgan fingerprint density at radius 1 is 1.35 bits per heavy atom. The van der Waals surface area contributed by atoms with E-state index in [1.54, 1.807) is 6.20 Å². The Bertz CT molecular complexity index is 629. The van der Waals surface area contributed by atoms with Crippen LogP contribution in [0, 0.1) is 11.8 Å². The first-order valence-electron chi connectivity index (χ1n) is 7.01. The highest BCUT2D eigenvalue weighted by Crippen LogP contribution is 2.44. The Morgan fingerprint density at radius 2 is 2.30 bits per heavy atom. The molecule has 0 spiro atoms. The molecule has 3 unspecified atom stereocenters. The van der Waals surface area contributed by atoms with E-state index in [-0.39, 0.29) is 6.04 Å². The number of fused-ring (bicyclic) bond motifs is 1. The van der Waals surface area contributed by atoms with E-state index in [1.165, 1.54) is 19.3 Å². The van der Waals surface area contributed by atoms with E-state index in [0.29, 0.717) is 17.6 Å². The standard InChI is InChI=1S/C14H15BrN4O/c15-10-5-2-6-16-12(10)13-18-14(20-19-13)11-9-4-1-3-8(9)7-17-11/h2,5-6,8-9,11,17H,1,3-4,7H2. The van der Waals surface area contributed by atoms with Gasteiger partial charge in [0.25, 0.3) is 0 Å². The number of hydrogen-bond donors (Lipinski definition) is 1. The Labute approximate surface area is 125 Å². The van der Waals surface area contributed by atoms with Crippen molar-refractivity contribution < 1.29 is 4.52 Å². The summed E-state index contributed by atoms with van der Waals surface area (Å²) in [6.07, 6.45) is 5.63. The van der Waals surface area contributed by atoms with Gasteiger partial charge in [0, 0.05) is 10.7 Å². The lowest BCUT2D eigenvalue weighted by atomic mass is 9.94. The smallest absolute Gasteiger partial charge is 0.244 e. The predicted octanol–water partition coefficient (Wildman–Crippen LogP) is 2.95. The highest BCUT2D eigenvalue weighted by molar-refractivity contribution is 9.10. The van der Waals surface area contributed by atoms with Crippen molar-refractivity contribution in [2.24, 2.45) is 11.8 Å². The average molecular weight is 335 g/mol. The fourth-order valence-corrected chi connectivity index (χ4v) is 3.90. The minimum absolute atomic E-state index is 0.214. The molecule has 2 aromatic heterocycles. The monoisotopic (exact) mass is 334 g/mol. The summed E-state index contributed by atoms with van der Waals surface area (Å²) in [6, 6.07) is 4.02. The number of pyridine rings is 1. The summed E-state index contributed by atoms with van der Waals surface area (Å²) in [5.41, 5.74) is 0.725. The lowest BCUT2D eigenvalue weighted by Crippen LogP contribution is -2.18. The molecule has 1 aliphatic heterocycles. The number of nitrogens with one attached hydrogen (secondary N) is 1. The molecule has 1 saturated carbocycles. The molecule has 2 aromatic rings. The van der Waals surface area contributed by atoms with Crippen molar-refractivity contribution in [2.45, 2.75) is 25.3 Å². The van der Waals surface area contributed by atoms with E-state index < -0.39 is 0 Å². The summed E-state index contributed by atoms with van der Waals surface area (Å²) in [5.74, 6) is 2.68. The summed E-state index contributed by atoms with van der Waals surface area (Å²) in [4.78, 5) is 8.85. The molecule has 0 bridgehead atoms. The molecule has 3 heterocycles. The van der Waals surface area contributed by atoms with E-state index in [2.05, 4.69) is 36.4 Å². The van der Waals surface area contributed by atoms with Gasteiger partial charge in [-0.3, -0.25) is 4.98 Å². The van der Waals surface area contributed by atoms with Crippen molar-refractivity contribution in [2.75, 3.05) is 6.54 Å². The number of nitrogens with zero attached hydrogens (tertiary/aromatic N) is 3. The topological polar surface area (TPSA) is 63.8 Å². The maximum atomic E-state index is 5.48. The number of hydrogen-bond acceptors (Lipinski definition) is 5. The summed E-state index contributed by atoms with van der Waals surface area (Å²) < 4.78 is 6.36. The molecule has 3 atom stereocenters. The lowest BCUT2D eigenvalue weighted by Gasteiger charge is -2.13. The molecule has 104 valence electrons. The molecule has 4 rings (SSSR count). The molecule has 6 heteroatoms. The molecule has 5 nitrogen and oxygen atoms in total. The Morgan fingerprint density at radius 3 is 3.20 bits per heavy atom. The van der Waals surface area contributed by atoms with Crippen molar-refractivity contribution >= 4 is 15.9 Å². The second-order valence-corrected chi connectivity index (χ2v) is 6.39. The van der Waals surface area contributed by atoms with Gasteiger partial charge < -0.3 is 9.84 Å². The Hall–Kier alpha value is -1.27. The van der Waals surface area contributed by atoms with Crippen molar-refractivity contribution in [3.05, 3.63) is 28.7 Å². The van der Waals surface area contributed by atoms with Gasteiger partial charge in [-0.15, -0.1) is 0 Å². The first-order valence-corrected chi connectivity index (χ1v) is 7.80. The zero-order valence-electron chi connectivity index (χ0n) is 10.9. The van der Waals surface area contributed by atoms with Crippen LogP contribution in [0.15, 0.2) is 27.3 Å². The van der Waals surface area contributed by atoms with Crippen LogP contribution in [0.25, 0.3) is 11.5 Å². The molecular weight excluding hydrogens is 320 g/mol. The summed E-state index contributed by atoms with van der Waals surface area (Å²) in [7, 11) is 0. The molecule has 0 radical (unpaired) electrons. The largest absolute Gasteiger partial charge is 0.337 e. The lowest BCUT2D eigenvalue weighted by molar-refractivity contribution is 0.302. The third-order valence-corrected chi connectivity index (χ3v) is 5.06. The van der Waals surface area contributed by atoms with Gasteiger partial charge in [0.1, 0.15) is 5.69 Å². The summed E-state index contributed by atoms with van der Waals surface area (Å²) in [6.45, 7) is 1.07. The quantitative estimate of drug-likeness (QED) is 0.914. The van der Waals surface area contributed by atoms with Crippen LogP contribution in [0.4, 0.5) is 0 Å². The molecule has 0 aromatic carbocycles. The fourth-order valence-electron chi connectivity index (χ4n) is 3.47. The van der Waals surface area contributed by atoms with E-state index >= 15 is 0 Å². The average Bonchev–Trinajstić information content (AvgIpc) is 3.14. The van der Waals surface area contributed by atoms with Crippen molar-refractivity contribution in [1.82, 2.24) is 20.4 Å².